The van der Waals surface area contributed by atoms with Gasteiger partial charge in [0.15, 0.2) is 0 Å². The number of nitrogens with zero attached hydrogens (tertiary/aromatic N) is 1. The minimum atomic E-state index is -2.64. The van der Waals surface area contributed by atoms with E-state index in [9.17, 15) is 4.57 Å². The SMILES string of the molecule is CCCCN(CCCC)P(=O)(OCC)SCC. The molecule has 0 bridgehead atoms. The molecular formula is C12H28NO2PS. The van der Waals surface area contributed by atoms with Crippen molar-refractivity contribution in [2.75, 3.05) is 25.4 Å². The van der Waals surface area contributed by atoms with Crippen LogP contribution in [0.2, 0.25) is 0 Å². The van der Waals surface area contributed by atoms with Gasteiger partial charge < -0.3 is 4.52 Å². The molecular weight excluding hydrogens is 253 g/mol. The average molecular weight is 281 g/mol. The van der Waals surface area contributed by atoms with Crippen LogP contribution in [0.1, 0.15) is 53.4 Å². The van der Waals surface area contributed by atoms with Crippen molar-refractivity contribution in [2.45, 2.75) is 53.4 Å². The first-order valence-corrected chi connectivity index (χ1v) is 9.95. The minimum absolute atomic E-state index is 0.527. The van der Waals surface area contributed by atoms with E-state index in [1.807, 2.05) is 13.8 Å². The Balaban J connectivity index is 4.59. The number of unbranched alkanes of at least 4 members (excludes halogenated alkanes) is 2. The molecule has 0 amide bonds. The fourth-order valence-electron chi connectivity index (χ4n) is 1.56. The van der Waals surface area contributed by atoms with Crippen LogP contribution < -0.4 is 0 Å². The van der Waals surface area contributed by atoms with Crippen LogP contribution in [-0.4, -0.2) is 30.1 Å². The molecule has 0 radical (unpaired) electrons. The molecule has 0 aromatic rings. The highest BCUT2D eigenvalue weighted by molar-refractivity contribution is 8.55. The van der Waals surface area contributed by atoms with Gasteiger partial charge in [0, 0.05) is 18.8 Å². The Morgan fingerprint density at radius 1 is 1.06 bits per heavy atom. The smallest absolute Gasteiger partial charge is 0.310 e. The largest absolute Gasteiger partial charge is 0.329 e. The van der Waals surface area contributed by atoms with Gasteiger partial charge in [0.1, 0.15) is 0 Å². The molecule has 1 atom stereocenters. The maximum atomic E-state index is 12.8. The van der Waals surface area contributed by atoms with Gasteiger partial charge in [-0.3, -0.25) is 4.57 Å². The van der Waals surface area contributed by atoms with Crippen molar-refractivity contribution in [3.63, 3.8) is 0 Å². The highest BCUT2D eigenvalue weighted by Crippen LogP contribution is 2.62. The van der Waals surface area contributed by atoms with Crippen molar-refractivity contribution in [2.24, 2.45) is 0 Å². The summed E-state index contributed by atoms with van der Waals surface area (Å²) < 4.78 is 20.4. The first kappa shape index (κ1) is 17.5. The van der Waals surface area contributed by atoms with E-state index in [0.717, 1.165) is 44.5 Å². The van der Waals surface area contributed by atoms with Crippen molar-refractivity contribution < 1.29 is 9.09 Å². The van der Waals surface area contributed by atoms with Crippen LogP contribution in [-0.2, 0) is 9.09 Å². The van der Waals surface area contributed by atoms with E-state index in [1.54, 1.807) is 0 Å². The molecule has 0 aliphatic carbocycles. The van der Waals surface area contributed by atoms with Gasteiger partial charge in [-0.25, -0.2) is 4.67 Å². The standard InChI is InChI=1S/C12H28NO2PS/c1-5-9-11-13(12-10-6-2)16(14,15-7-3)17-8-4/h5-12H2,1-4H3. The van der Waals surface area contributed by atoms with Crippen LogP contribution in [0.15, 0.2) is 0 Å². The van der Waals surface area contributed by atoms with Crippen molar-refractivity contribution >= 4 is 18.1 Å². The van der Waals surface area contributed by atoms with Gasteiger partial charge in [0.25, 0.3) is 0 Å². The summed E-state index contributed by atoms with van der Waals surface area (Å²) in [4.78, 5) is 0. The van der Waals surface area contributed by atoms with E-state index >= 15 is 0 Å². The van der Waals surface area contributed by atoms with Crippen LogP contribution in [0.25, 0.3) is 0 Å². The minimum Gasteiger partial charge on any atom is -0.310 e. The quantitative estimate of drug-likeness (QED) is 0.509. The van der Waals surface area contributed by atoms with Gasteiger partial charge in [-0.2, -0.15) is 0 Å². The molecule has 0 saturated carbocycles. The van der Waals surface area contributed by atoms with Gasteiger partial charge in [-0.1, -0.05) is 45.0 Å². The van der Waals surface area contributed by atoms with Crippen LogP contribution >= 0.6 is 18.1 Å². The van der Waals surface area contributed by atoms with Crippen LogP contribution in [0.3, 0.4) is 0 Å². The lowest BCUT2D eigenvalue weighted by atomic mass is 10.3. The van der Waals surface area contributed by atoms with Gasteiger partial charge >= 0.3 is 6.72 Å². The lowest BCUT2D eigenvalue weighted by Gasteiger charge is -2.29. The Bertz CT molecular complexity index is 209. The molecule has 5 heteroatoms. The third-order valence-corrected chi connectivity index (χ3v) is 7.49. The second-order valence-electron chi connectivity index (χ2n) is 3.96. The van der Waals surface area contributed by atoms with E-state index in [2.05, 4.69) is 18.5 Å². The molecule has 0 heterocycles. The first-order valence-electron chi connectivity index (χ1n) is 6.79. The molecule has 17 heavy (non-hydrogen) atoms. The average Bonchev–Trinajstić information content (AvgIpc) is 2.29. The summed E-state index contributed by atoms with van der Waals surface area (Å²) in [6.07, 6.45) is 4.44. The van der Waals surface area contributed by atoms with E-state index < -0.39 is 6.72 Å². The Morgan fingerprint density at radius 2 is 1.59 bits per heavy atom. The summed E-state index contributed by atoms with van der Waals surface area (Å²) in [5.74, 6) is 0.839. The molecule has 0 aromatic carbocycles. The molecule has 0 fully saturated rings. The maximum absolute atomic E-state index is 12.8. The summed E-state index contributed by atoms with van der Waals surface area (Å²) in [5.41, 5.74) is 0. The normalized spacial score (nSPS) is 15.1. The molecule has 1 unspecified atom stereocenters. The topological polar surface area (TPSA) is 29.5 Å². The van der Waals surface area contributed by atoms with Crippen molar-refractivity contribution in [3.05, 3.63) is 0 Å². The molecule has 3 nitrogen and oxygen atoms in total. The van der Waals surface area contributed by atoms with E-state index in [-0.39, 0.29) is 0 Å². The third-order valence-electron chi connectivity index (χ3n) is 2.47. The molecule has 0 spiro atoms. The number of rotatable bonds is 11. The van der Waals surface area contributed by atoms with Crippen LogP contribution in [0, 0.1) is 0 Å². The van der Waals surface area contributed by atoms with Crippen molar-refractivity contribution in [3.8, 4) is 0 Å². The second kappa shape index (κ2) is 10.4. The monoisotopic (exact) mass is 281 g/mol. The Hall–Kier alpha value is 0.500. The zero-order valence-corrected chi connectivity index (χ0v) is 13.5. The molecule has 104 valence electrons. The zero-order chi connectivity index (χ0) is 13.1. The summed E-state index contributed by atoms with van der Waals surface area (Å²) in [6, 6.07) is 0. The van der Waals surface area contributed by atoms with E-state index in [0.29, 0.717) is 6.61 Å². The second-order valence-corrected chi connectivity index (χ2v) is 8.72. The van der Waals surface area contributed by atoms with E-state index in [4.69, 9.17) is 4.52 Å². The molecule has 0 N–H and O–H groups in total. The Labute approximate surface area is 111 Å². The molecule has 0 aliphatic rings. The highest BCUT2D eigenvalue weighted by Gasteiger charge is 2.30. The maximum Gasteiger partial charge on any atom is 0.329 e. The summed E-state index contributed by atoms with van der Waals surface area (Å²) in [5, 5.41) is 0. The summed E-state index contributed by atoms with van der Waals surface area (Å²) in [7, 11) is 0. The Kier molecular flexibility index (Phi) is 10.7. The van der Waals surface area contributed by atoms with Crippen molar-refractivity contribution in [1.82, 2.24) is 4.67 Å². The number of hydrogen-bond donors (Lipinski definition) is 0. The molecule has 0 saturated heterocycles. The van der Waals surface area contributed by atoms with Gasteiger partial charge in [-0.05, 0) is 19.8 Å². The van der Waals surface area contributed by atoms with Crippen LogP contribution in [0.5, 0.6) is 0 Å². The molecule has 0 aliphatic heterocycles. The lowest BCUT2D eigenvalue weighted by Crippen LogP contribution is -2.23. The zero-order valence-electron chi connectivity index (χ0n) is 11.8. The Morgan fingerprint density at radius 3 is 1.94 bits per heavy atom. The van der Waals surface area contributed by atoms with Crippen LogP contribution in [0.4, 0.5) is 0 Å². The third kappa shape index (κ3) is 6.85. The number of hydrogen-bond acceptors (Lipinski definition) is 3. The lowest BCUT2D eigenvalue weighted by molar-refractivity contribution is 0.281. The molecule has 0 aromatic heterocycles. The van der Waals surface area contributed by atoms with Gasteiger partial charge in [0.05, 0.1) is 6.61 Å². The summed E-state index contributed by atoms with van der Waals surface area (Å²) in [6.45, 7) is 7.95. The summed E-state index contributed by atoms with van der Waals surface area (Å²) >= 11 is 1.47. The van der Waals surface area contributed by atoms with E-state index in [1.165, 1.54) is 11.4 Å². The first-order chi connectivity index (χ1) is 8.14. The fraction of sp³-hybridized carbons (Fsp3) is 1.00. The van der Waals surface area contributed by atoms with Crippen molar-refractivity contribution in [1.29, 1.82) is 0 Å². The predicted molar refractivity (Wildman–Crippen MR) is 78.8 cm³/mol. The fourth-order valence-corrected chi connectivity index (χ4v) is 5.89. The predicted octanol–water partition coefficient (Wildman–Crippen LogP) is 4.79. The highest BCUT2D eigenvalue weighted by atomic mass is 32.7. The van der Waals surface area contributed by atoms with Gasteiger partial charge in [-0.15, -0.1) is 0 Å². The van der Waals surface area contributed by atoms with Gasteiger partial charge in [0.2, 0.25) is 0 Å². The molecule has 0 rings (SSSR count).